The maximum Gasteiger partial charge on any atom is 0.0491 e. The minimum atomic E-state index is 0.370. The second kappa shape index (κ2) is 7.43. The highest BCUT2D eigenvalue weighted by Gasteiger charge is 2.22. The van der Waals surface area contributed by atoms with Crippen LogP contribution in [0.15, 0.2) is 22.7 Å². The van der Waals surface area contributed by atoms with Gasteiger partial charge in [-0.25, -0.2) is 0 Å². The summed E-state index contributed by atoms with van der Waals surface area (Å²) in [7, 11) is 3.81. The van der Waals surface area contributed by atoms with E-state index in [1.807, 2.05) is 7.05 Å². The van der Waals surface area contributed by atoms with Gasteiger partial charge >= 0.3 is 0 Å². The molecule has 0 spiro atoms. The van der Waals surface area contributed by atoms with Crippen molar-refractivity contribution in [3.8, 4) is 0 Å². The maximum absolute atomic E-state index is 5.28. The molecule has 0 aliphatic carbocycles. The first kappa shape index (κ1) is 15.8. The number of ether oxygens (including phenoxy) is 1. The van der Waals surface area contributed by atoms with Crippen LogP contribution in [-0.2, 0) is 4.74 Å². The van der Waals surface area contributed by atoms with E-state index in [1.54, 1.807) is 7.11 Å². The molecule has 1 aliphatic rings. The summed E-state index contributed by atoms with van der Waals surface area (Å²) in [4.78, 5) is 2.51. The Labute approximate surface area is 130 Å². The van der Waals surface area contributed by atoms with Gasteiger partial charge in [0.1, 0.15) is 0 Å². The molecule has 0 saturated carbocycles. The van der Waals surface area contributed by atoms with Crippen LogP contribution in [0.1, 0.15) is 31.4 Å². The number of benzene rings is 1. The second-order valence-corrected chi connectivity index (χ2v) is 6.51. The Bertz CT molecular complexity index is 430. The van der Waals surface area contributed by atoms with Crippen molar-refractivity contribution in [2.24, 2.45) is 5.92 Å². The number of hydrogen-bond acceptors (Lipinski definition) is 3. The number of methoxy groups -OCH3 is 1. The lowest BCUT2D eigenvalue weighted by Gasteiger charge is -2.35. The van der Waals surface area contributed by atoms with Crippen molar-refractivity contribution in [2.75, 3.05) is 38.8 Å². The predicted octanol–water partition coefficient (Wildman–Crippen LogP) is 3.59. The van der Waals surface area contributed by atoms with E-state index in [-0.39, 0.29) is 0 Å². The van der Waals surface area contributed by atoms with Crippen LogP contribution in [0.4, 0.5) is 5.69 Å². The Kier molecular flexibility index (Phi) is 5.87. The number of rotatable bonds is 5. The summed E-state index contributed by atoms with van der Waals surface area (Å²) in [6.07, 6.45) is 2.43. The summed E-state index contributed by atoms with van der Waals surface area (Å²) >= 11 is 3.60. The zero-order valence-electron chi connectivity index (χ0n) is 12.7. The van der Waals surface area contributed by atoms with E-state index in [0.717, 1.165) is 24.2 Å². The van der Waals surface area contributed by atoms with Crippen LogP contribution in [0.5, 0.6) is 0 Å². The van der Waals surface area contributed by atoms with Crippen LogP contribution in [0.3, 0.4) is 0 Å². The molecule has 0 amide bonds. The van der Waals surface area contributed by atoms with Gasteiger partial charge in [0.25, 0.3) is 0 Å². The van der Waals surface area contributed by atoms with Crippen LogP contribution < -0.4 is 10.2 Å². The van der Waals surface area contributed by atoms with Crippen LogP contribution in [-0.4, -0.2) is 33.9 Å². The summed E-state index contributed by atoms with van der Waals surface area (Å²) in [5.41, 5.74) is 2.73. The molecule has 2 rings (SSSR count). The zero-order valence-corrected chi connectivity index (χ0v) is 14.2. The number of anilines is 1. The van der Waals surface area contributed by atoms with Crippen LogP contribution in [0.2, 0.25) is 0 Å². The molecule has 20 heavy (non-hydrogen) atoms. The highest BCUT2D eigenvalue weighted by molar-refractivity contribution is 9.10. The SMILES string of the molecule is CNC(C)c1ccc(Br)cc1N1CCC(COC)CC1. The summed E-state index contributed by atoms with van der Waals surface area (Å²) in [5.74, 6) is 0.716. The summed E-state index contributed by atoms with van der Waals surface area (Å²) in [6.45, 7) is 5.35. The van der Waals surface area contributed by atoms with Gasteiger partial charge in [-0.05, 0) is 50.4 Å². The lowest BCUT2D eigenvalue weighted by atomic mass is 9.96. The van der Waals surface area contributed by atoms with Crippen LogP contribution in [0, 0.1) is 5.92 Å². The molecule has 1 aromatic carbocycles. The van der Waals surface area contributed by atoms with Gasteiger partial charge in [-0.1, -0.05) is 22.0 Å². The van der Waals surface area contributed by atoms with Crippen molar-refractivity contribution < 1.29 is 4.74 Å². The molecule has 1 aromatic rings. The lowest BCUT2D eigenvalue weighted by Crippen LogP contribution is -2.36. The van der Waals surface area contributed by atoms with E-state index >= 15 is 0 Å². The van der Waals surface area contributed by atoms with Crippen molar-refractivity contribution in [3.05, 3.63) is 28.2 Å². The molecule has 1 saturated heterocycles. The van der Waals surface area contributed by atoms with Crippen molar-refractivity contribution in [1.82, 2.24) is 5.32 Å². The first-order valence-electron chi connectivity index (χ1n) is 7.36. The fraction of sp³-hybridized carbons (Fsp3) is 0.625. The molecule has 1 fully saturated rings. The fourth-order valence-electron chi connectivity index (χ4n) is 2.89. The Morgan fingerprint density at radius 2 is 2.10 bits per heavy atom. The molecular weight excluding hydrogens is 316 g/mol. The third kappa shape index (κ3) is 3.74. The van der Waals surface area contributed by atoms with Gasteiger partial charge in [0.2, 0.25) is 0 Å². The molecule has 4 heteroatoms. The molecule has 112 valence electrons. The highest BCUT2D eigenvalue weighted by Crippen LogP contribution is 2.32. The molecule has 3 nitrogen and oxygen atoms in total. The molecule has 0 radical (unpaired) electrons. The lowest BCUT2D eigenvalue weighted by molar-refractivity contribution is 0.139. The maximum atomic E-state index is 5.28. The van der Waals surface area contributed by atoms with E-state index in [2.05, 4.69) is 51.3 Å². The molecule has 1 unspecified atom stereocenters. The van der Waals surface area contributed by atoms with Gasteiger partial charge < -0.3 is 15.0 Å². The van der Waals surface area contributed by atoms with Crippen molar-refractivity contribution in [2.45, 2.75) is 25.8 Å². The smallest absolute Gasteiger partial charge is 0.0491 e. The van der Waals surface area contributed by atoms with E-state index in [9.17, 15) is 0 Å². The monoisotopic (exact) mass is 340 g/mol. The Hall–Kier alpha value is -0.580. The number of hydrogen-bond donors (Lipinski definition) is 1. The summed E-state index contributed by atoms with van der Waals surface area (Å²) in [6, 6.07) is 6.97. The molecule has 0 aromatic heterocycles. The first-order valence-corrected chi connectivity index (χ1v) is 8.15. The topological polar surface area (TPSA) is 24.5 Å². The van der Waals surface area contributed by atoms with Crippen molar-refractivity contribution >= 4 is 21.6 Å². The third-order valence-electron chi connectivity index (χ3n) is 4.25. The van der Waals surface area contributed by atoms with Gasteiger partial charge in [0.15, 0.2) is 0 Å². The second-order valence-electron chi connectivity index (χ2n) is 5.60. The Morgan fingerprint density at radius 1 is 1.40 bits per heavy atom. The summed E-state index contributed by atoms with van der Waals surface area (Å²) < 4.78 is 6.44. The molecule has 1 atom stereocenters. The minimum Gasteiger partial charge on any atom is -0.384 e. The standard InChI is InChI=1S/C16H25BrN2O/c1-12(18-2)15-5-4-14(17)10-16(15)19-8-6-13(7-9-19)11-20-3/h4-5,10,12-13,18H,6-9,11H2,1-3H3. The fourth-order valence-corrected chi connectivity index (χ4v) is 3.24. The number of nitrogens with one attached hydrogen (secondary N) is 1. The van der Waals surface area contributed by atoms with E-state index in [4.69, 9.17) is 4.74 Å². The molecule has 1 heterocycles. The molecule has 1 aliphatic heterocycles. The van der Waals surface area contributed by atoms with E-state index in [1.165, 1.54) is 24.1 Å². The number of nitrogens with zero attached hydrogens (tertiary/aromatic N) is 1. The summed E-state index contributed by atoms with van der Waals surface area (Å²) in [5, 5.41) is 3.35. The van der Waals surface area contributed by atoms with Gasteiger partial charge in [-0.15, -0.1) is 0 Å². The van der Waals surface area contributed by atoms with Crippen LogP contribution in [0.25, 0.3) is 0 Å². The average Bonchev–Trinajstić information content (AvgIpc) is 2.47. The molecular formula is C16H25BrN2O. The first-order chi connectivity index (χ1) is 9.65. The largest absolute Gasteiger partial charge is 0.384 e. The highest BCUT2D eigenvalue weighted by atomic mass is 79.9. The minimum absolute atomic E-state index is 0.370. The van der Waals surface area contributed by atoms with Gasteiger partial charge in [0, 0.05) is 43.0 Å². The van der Waals surface area contributed by atoms with Gasteiger partial charge in [0.05, 0.1) is 0 Å². The van der Waals surface area contributed by atoms with Gasteiger partial charge in [-0.3, -0.25) is 0 Å². The van der Waals surface area contributed by atoms with E-state index < -0.39 is 0 Å². The Morgan fingerprint density at radius 3 is 2.70 bits per heavy atom. The number of piperidine rings is 1. The number of halogens is 1. The van der Waals surface area contributed by atoms with Crippen molar-refractivity contribution in [3.63, 3.8) is 0 Å². The predicted molar refractivity (Wildman–Crippen MR) is 88.4 cm³/mol. The Balaban J connectivity index is 2.14. The quantitative estimate of drug-likeness (QED) is 0.886. The zero-order chi connectivity index (χ0) is 14.5. The van der Waals surface area contributed by atoms with Crippen molar-refractivity contribution in [1.29, 1.82) is 0 Å². The van der Waals surface area contributed by atoms with Crippen LogP contribution >= 0.6 is 15.9 Å². The normalized spacial score (nSPS) is 18.3. The average molecular weight is 341 g/mol. The third-order valence-corrected chi connectivity index (χ3v) is 4.74. The van der Waals surface area contributed by atoms with Gasteiger partial charge in [-0.2, -0.15) is 0 Å². The van der Waals surface area contributed by atoms with E-state index in [0.29, 0.717) is 12.0 Å². The molecule has 1 N–H and O–H groups in total. The molecule has 0 bridgehead atoms.